The molecule has 0 fully saturated rings. The molecule has 55 heavy (non-hydrogen) atoms. The van der Waals surface area contributed by atoms with E-state index in [9.17, 15) is 10.5 Å². The van der Waals surface area contributed by atoms with Crippen LogP contribution in [0.4, 0.5) is 0 Å². The fourth-order valence-corrected chi connectivity index (χ4v) is 8.74. The van der Waals surface area contributed by atoms with Crippen LogP contribution in [0.15, 0.2) is 176 Å². The average Bonchev–Trinajstić information content (AvgIpc) is 3.89. The largest absolute Gasteiger partial charge is 0.309 e. The third-order valence-corrected chi connectivity index (χ3v) is 11.1. The van der Waals surface area contributed by atoms with Gasteiger partial charge in [0.1, 0.15) is 0 Å². The zero-order valence-corrected chi connectivity index (χ0v) is 29.5. The van der Waals surface area contributed by atoms with Gasteiger partial charge in [-0.3, -0.25) is 0 Å². The van der Waals surface area contributed by atoms with Gasteiger partial charge < -0.3 is 13.7 Å². The topological polar surface area (TPSA) is 62.4 Å². The van der Waals surface area contributed by atoms with Crippen molar-refractivity contribution in [2.45, 2.75) is 0 Å². The van der Waals surface area contributed by atoms with Gasteiger partial charge in [0.15, 0.2) is 0 Å². The summed E-state index contributed by atoms with van der Waals surface area (Å²) in [6, 6.07) is 66.0. The summed E-state index contributed by atoms with van der Waals surface area (Å²) in [5, 5.41) is 26.9. The van der Waals surface area contributed by atoms with Crippen molar-refractivity contribution in [2.24, 2.45) is 0 Å². The molecule has 3 heterocycles. The second kappa shape index (κ2) is 11.8. The molecule has 8 aromatic carbocycles. The van der Waals surface area contributed by atoms with Gasteiger partial charge in [0.05, 0.1) is 62.1 Å². The van der Waals surface area contributed by atoms with Crippen LogP contribution in [0, 0.1) is 22.7 Å². The summed E-state index contributed by atoms with van der Waals surface area (Å²) in [7, 11) is 0. The van der Waals surface area contributed by atoms with Crippen LogP contribution < -0.4 is 0 Å². The molecule has 254 valence electrons. The third kappa shape index (κ3) is 4.51. The molecule has 0 aliphatic carbocycles. The number of benzene rings is 8. The molecule has 0 N–H and O–H groups in total. The van der Waals surface area contributed by atoms with Crippen molar-refractivity contribution in [2.75, 3.05) is 0 Å². The van der Waals surface area contributed by atoms with Gasteiger partial charge in [-0.25, -0.2) is 0 Å². The molecule has 5 nitrogen and oxygen atoms in total. The first-order chi connectivity index (χ1) is 27.2. The van der Waals surface area contributed by atoms with Crippen molar-refractivity contribution in [1.29, 1.82) is 10.5 Å². The van der Waals surface area contributed by atoms with Crippen molar-refractivity contribution >= 4 is 65.4 Å². The fourth-order valence-electron chi connectivity index (χ4n) is 8.74. The normalized spacial score (nSPS) is 11.6. The molecule has 0 aliphatic heterocycles. The van der Waals surface area contributed by atoms with Crippen molar-refractivity contribution in [1.82, 2.24) is 13.7 Å². The maximum absolute atomic E-state index is 10.3. The lowest BCUT2D eigenvalue weighted by molar-refractivity contribution is 1.17. The molecule has 0 aliphatic rings. The molecule has 0 atom stereocenters. The number of aromatic nitrogens is 3. The first-order valence-corrected chi connectivity index (χ1v) is 18.3. The molecule has 0 unspecified atom stereocenters. The summed E-state index contributed by atoms with van der Waals surface area (Å²) in [4.78, 5) is 0. The summed E-state index contributed by atoms with van der Waals surface area (Å²) in [6.07, 6.45) is 0. The highest BCUT2D eigenvalue weighted by Crippen LogP contribution is 2.41. The lowest BCUT2D eigenvalue weighted by Crippen LogP contribution is -1.98. The maximum Gasteiger partial charge on any atom is 0.0992 e. The smallest absolute Gasteiger partial charge is 0.0992 e. The Morgan fingerprint density at radius 3 is 1.51 bits per heavy atom. The highest BCUT2D eigenvalue weighted by molar-refractivity contribution is 6.16. The van der Waals surface area contributed by atoms with E-state index in [1.807, 2.05) is 42.5 Å². The molecule has 11 aromatic rings. The predicted molar refractivity (Wildman–Crippen MR) is 224 cm³/mol. The summed E-state index contributed by atoms with van der Waals surface area (Å²) < 4.78 is 6.94. The molecular weight excluding hydrogens is 671 g/mol. The first kappa shape index (κ1) is 30.7. The van der Waals surface area contributed by atoms with Gasteiger partial charge in [-0.05, 0) is 96.1 Å². The minimum Gasteiger partial charge on any atom is -0.309 e. The van der Waals surface area contributed by atoms with E-state index in [0.29, 0.717) is 11.1 Å². The second-order valence-corrected chi connectivity index (χ2v) is 14.0. The highest BCUT2D eigenvalue weighted by atomic mass is 15.0. The third-order valence-electron chi connectivity index (χ3n) is 11.1. The van der Waals surface area contributed by atoms with E-state index in [0.717, 1.165) is 82.8 Å². The van der Waals surface area contributed by atoms with Crippen LogP contribution in [0.5, 0.6) is 0 Å². The van der Waals surface area contributed by atoms with E-state index in [-0.39, 0.29) is 0 Å². The van der Waals surface area contributed by atoms with Crippen LogP contribution >= 0.6 is 0 Å². The van der Waals surface area contributed by atoms with Crippen LogP contribution in [0.25, 0.3) is 93.6 Å². The molecule has 0 saturated heterocycles. The van der Waals surface area contributed by atoms with Crippen LogP contribution in [0.2, 0.25) is 0 Å². The number of fused-ring (bicyclic) bond motifs is 9. The van der Waals surface area contributed by atoms with Gasteiger partial charge in [0, 0.05) is 43.7 Å². The number of nitrogens with zero attached hydrogens (tertiary/aromatic N) is 5. The Morgan fingerprint density at radius 1 is 0.327 bits per heavy atom. The Bertz CT molecular complexity index is 3400. The van der Waals surface area contributed by atoms with Crippen molar-refractivity contribution < 1.29 is 0 Å². The van der Waals surface area contributed by atoms with Crippen molar-refractivity contribution in [3.05, 3.63) is 187 Å². The maximum atomic E-state index is 10.3. The standard InChI is InChI=1S/C50H29N5/c51-30-32-20-25-47-42(28-32)40-12-3-5-14-43(40)53(47)36-23-21-34(22-24-36)35-26-33(31-52)27-37(29-35)54-46-17-8-4-13-41(46)50-48(54)18-9-19-49(50)55-44-15-6-1-10-38(44)39-11-2-7-16-45(39)55/h1-29H. The summed E-state index contributed by atoms with van der Waals surface area (Å²) in [5.74, 6) is 0. The number of nitriles is 2. The lowest BCUT2D eigenvalue weighted by atomic mass is 10.0. The van der Waals surface area contributed by atoms with Crippen molar-refractivity contribution in [3.8, 4) is 40.3 Å². The van der Waals surface area contributed by atoms with Crippen molar-refractivity contribution in [3.63, 3.8) is 0 Å². The Morgan fingerprint density at radius 2 is 0.855 bits per heavy atom. The monoisotopic (exact) mass is 699 g/mol. The zero-order valence-electron chi connectivity index (χ0n) is 29.5. The molecule has 0 amide bonds. The Kier molecular flexibility index (Phi) is 6.61. The van der Waals surface area contributed by atoms with E-state index in [1.54, 1.807) is 0 Å². The molecule has 0 bridgehead atoms. The Labute approximate surface area is 316 Å². The molecule has 0 saturated carbocycles. The van der Waals surface area contributed by atoms with Gasteiger partial charge in [0.25, 0.3) is 0 Å². The number of para-hydroxylation sites is 4. The van der Waals surface area contributed by atoms with Gasteiger partial charge in [-0.2, -0.15) is 10.5 Å². The molecule has 3 aromatic heterocycles. The number of hydrogen-bond donors (Lipinski definition) is 0. The van der Waals surface area contributed by atoms with Gasteiger partial charge in [0.2, 0.25) is 0 Å². The molecule has 11 rings (SSSR count). The Balaban J connectivity index is 1.09. The van der Waals surface area contributed by atoms with Crippen LogP contribution in [0.3, 0.4) is 0 Å². The minimum absolute atomic E-state index is 0.594. The molecule has 0 radical (unpaired) electrons. The van der Waals surface area contributed by atoms with Crippen LogP contribution in [-0.2, 0) is 0 Å². The second-order valence-electron chi connectivity index (χ2n) is 14.0. The molecular formula is C50H29N5. The first-order valence-electron chi connectivity index (χ1n) is 18.3. The van der Waals surface area contributed by atoms with E-state index in [2.05, 4.69) is 159 Å². The zero-order chi connectivity index (χ0) is 36.6. The number of rotatable bonds is 4. The quantitative estimate of drug-likeness (QED) is 0.184. The SMILES string of the molecule is N#Cc1cc(-c2ccc(-n3c4ccccc4c4cc(C#N)ccc43)cc2)cc(-n2c3ccccc3c3c(-n4c5ccccc5c5ccccc54)cccc32)c1. The molecule has 0 spiro atoms. The van der Waals surface area contributed by atoms with Gasteiger partial charge >= 0.3 is 0 Å². The summed E-state index contributed by atoms with van der Waals surface area (Å²) in [5.41, 5.74) is 12.9. The average molecular weight is 700 g/mol. The van der Waals surface area contributed by atoms with Gasteiger partial charge in [-0.15, -0.1) is 0 Å². The fraction of sp³-hybridized carbons (Fsp3) is 0. The highest BCUT2D eigenvalue weighted by Gasteiger charge is 2.20. The summed E-state index contributed by atoms with van der Waals surface area (Å²) in [6.45, 7) is 0. The van der Waals surface area contributed by atoms with Gasteiger partial charge in [-0.1, -0.05) is 91.0 Å². The number of hydrogen-bond acceptors (Lipinski definition) is 2. The van der Waals surface area contributed by atoms with E-state index in [4.69, 9.17) is 0 Å². The van der Waals surface area contributed by atoms with Crippen LogP contribution in [-0.4, -0.2) is 13.7 Å². The van der Waals surface area contributed by atoms with Crippen LogP contribution in [0.1, 0.15) is 11.1 Å². The summed E-state index contributed by atoms with van der Waals surface area (Å²) >= 11 is 0. The molecule has 5 heteroatoms. The lowest BCUT2D eigenvalue weighted by Gasteiger charge is -2.13. The Hall–Kier alpha value is -7.86. The minimum atomic E-state index is 0.594. The van der Waals surface area contributed by atoms with E-state index >= 15 is 0 Å². The van der Waals surface area contributed by atoms with E-state index < -0.39 is 0 Å². The van der Waals surface area contributed by atoms with E-state index in [1.165, 1.54) is 10.8 Å². The predicted octanol–water partition coefficient (Wildman–Crippen LogP) is 12.4.